The molecule has 0 radical (unpaired) electrons. The monoisotopic (exact) mass is 268 g/mol. The third kappa shape index (κ3) is 8.15. The minimum Gasteiger partial charge on any atom is -0.544 e. The first-order valence-electron chi connectivity index (χ1n) is 6.33. The average molecular weight is 268 g/mol. The molecule has 0 heterocycles. The summed E-state index contributed by atoms with van der Waals surface area (Å²) in [6.45, 7) is 8.16. The molecule has 19 heavy (non-hydrogen) atoms. The molecule has 0 aliphatic rings. The Morgan fingerprint density at radius 2 is 1.79 bits per heavy atom. The third-order valence-corrected chi connectivity index (χ3v) is 2.85. The number of amides is 1. The van der Waals surface area contributed by atoms with Gasteiger partial charge in [0.05, 0.1) is 33.2 Å². The lowest BCUT2D eigenvalue weighted by Crippen LogP contribution is -2.51. The van der Waals surface area contributed by atoms with Crippen LogP contribution in [0.2, 0.25) is 0 Å². The van der Waals surface area contributed by atoms with Gasteiger partial charge in [0.15, 0.2) is 0 Å². The van der Waals surface area contributed by atoms with Crippen molar-refractivity contribution in [1.29, 1.82) is 0 Å². The summed E-state index contributed by atoms with van der Waals surface area (Å²) in [4.78, 5) is 22.4. The zero-order valence-electron chi connectivity index (χ0n) is 11.9. The van der Waals surface area contributed by atoms with Gasteiger partial charge in [-0.25, -0.2) is 0 Å². The van der Waals surface area contributed by atoms with Crippen molar-refractivity contribution >= 4 is 11.9 Å². The Balaban J connectivity index is 4.17. The number of aliphatic carboxylic acids is 1. The summed E-state index contributed by atoms with van der Waals surface area (Å²) in [6.07, 6.45) is 4.64. The van der Waals surface area contributed by atoms with E-state index in [1.807, 2.05) is 0 Å². The van der Waals surface area contributed by atoms with Crippen molar-refractivity contribution in [2.75, 3.05) is 33.7 Å². The number of carboxylic acid groups (broad SMARTS) is 1. The molecule has 0 unspecified atom stereocenters. The first-order chi connectivity index (χ1) is 8.82. The maximum Gasteiger partial charge on any atom is 0.223 e. The Kier molecular flexibility index (Phi) is 7.75. The molecule has 5 heteroatoms. The molecule has 0 spiro atoms. The fraction of sp³-hybridized carbons (Fsp3) is 0.571. The molecule has 0 aromatic rings. The number of likely N-dealkylation sites (N-methyl/N-ethyl adjacent to an activating group) is 1. The number of allylic oxidation sites excluding steroid dienone is 2. The van der Waals surface area contributed by atoms with Gasteiger partial charge in [-0.05, 0) is 12.8 Å². The molecule has 0 aliphatic carbocycles. The summed E-state index contributed by atoms with van der Waals surface area (Å²) < 4.78 is 0.274. The summed E-state index contributed by atoms with van der Waals surface area (Å²) in [7, 11) is 3.57. The summed E-state index contributed by atoms with van der Waals surface area (Å²) in [5.41, 5.74) is 0. The van der Waals surface area contributed by atoms with Crippen molar-refractivity contribution in [2.24, 2.45) is 5.92 Å². The van der Waals surface area contributed by atoms with Crippen LogP contribution in [0, 0.1) is 5.92 Å². The zero-order valence-corrected chi connectivity index (χ0v) is 11.9. The normalized spacial score (nSPS) is 11.1. The lowest BCUT2D eigenvalue weighted by molar-refractivity contribution is -0.883. The molecule has 0 bridgehead atoms. The van der Waals surface area contributed by atoms with Gasteiger partial charge >= 0.3 is 0 Å². The first-order valence-corrected chi connectivity index (χ1v) is 6.33. The van der Waals surface area contributed by atoms with Crippen LogP contribution in [0.25, 0.3) is 0 Å². The molecular weight excluding hydrogens is 244 g/mol. The molecule has 0 saturated heterocycles. The van der Waals surface area contributed by atoms with Crippen LogP contribution < -0.4 is 10.4 Å². The predicted molar refractivity (Wildman–Crippen MR) is 73.0 cm³/mol. The van der Waals surface area contributed by atoms with E-state index >= 15 is 0 Å². The Morgan fingerprint density at radius 1 is 1.26 bits per heavy atom. The number of hydrogen-bond donors (Lipinski definition) is 1. The second-order valence-electron chi connectivity index (χ2n) is 5.23. The van der Waals surface area contributed by atoms with E-state index in [4.69, 9.17) is 0 Å². The van der Waals surface area contributed by atoms with Gasteiger partial charge in [0.2, 0.25) is 5.91 Å². The number of rotatable bonds is 10. The van der Waals surface area contributed by atoms with Gasteiger partial charge in [-0.1, -0.05) is 12.2 Å². The number of nitrogens with zero attached hydrogens (tertiary/aromatic N) is 1. The van der Waals surface area contributed by atoms with Crippen molar-refractivity contribution in [3.63, 3.8) is 0 Å². The molecule has 108 valence electrons. The third-order valence-electron chi connectivity index (χ3n) is 2.85. The smallest absolute Gasteiger partial charge is 0.223 e. The molecule has 5 nitrogen and oxygen atoms in total. The quantitative estimate of drug-likeness (QED) is 0.437. The van der Waals surface area contributed by atoms with Crippen molar-refractivity contribution < 1.29 is 19.2 Å². The lowest BCUT2D eigenvalue weighted by atomic mass is 10.0. The van der Waals surface area contributed by atoms with Gasteiger partial charge in [-0.2, -0.15) is 0 Å². The van der Waals surface area contributed by atoms with Crippen LogP contribution in [0.15, 0.2) is 25.3 Å². The van der Waals surface area contributed by atoms with E-state index in [9.17, 15) is 14.7 Å². The molecule has 1 N–H and O–H groups in total. The van der Waals surface area contributed by atoms with Crippen LogP contribution in [0.1, 0.15) is 12.8 Å². The molecule has 0 rings (SSSR count). The second-order valence-corrected chi connectivity index (χ2v) is 5.23. The lowest BCUT2D eigenvalue weighted by Gasteiger charge is -2.30. The molecule has 0 aromatic carbocycles. The van der Waals surface area contributed by atoms with E-state index in [1.54, 1.807) is 26.2 Å². The number of carbonyl (C=O) groups excluding carboxylic acids is 2. The molecule has 1 amide bonds. The van der Waals surface area contributed by atoms with Crippen molar-refractivity contribution in [1.82, 2.24) is 5.32 Å². The Morgan fingerprint density at radius 3 is 2.21 bits per heavy atom. The van der Waals surface area contributed by atoms with E-state index in [1.165, 1.54) is 0 Å². The van der Waals surface area contributed by atoms with Gasteiger partial charge in [0.25, 0.3) is 0 Å². The number of carboxylic acids is 1. The van der Waals surface area contributed by atoms with E-state index in [0.29, 0.717) is 25.9 Å². The number of nitrogens with one attached hydrogen (secondary N) is 1. The highest BCUT2D eigenvalue weighted by molar-refractivity contribution is 5.78. The highest BCUT2D eigenvalue weighted by Crippen LogP contribution is 2.09. The summed E-state index contributed by atoms with van der Waals surface area (Å²) in [5.74, 6) is -1.28. The number of quaternary nitrogens is 1. The SMILES string of the molecule is C=CCC(CC=C)C(=O)NCC[N+](C)(C)CC(=O)[O-]. The molecule has 0 fully saturated rings. The van der Waals surface area contributed by atoms with E-state index in [-0.39, 0.29) is 22.9 Å². The zero-order chi connectivity index (χ0) is 14.9. The minimum atomic E-state index is -1.09. The highest BCUT2D eigenvalue weighted by atomic mass is 16.4. The molecule has 0 aromatic heterocycles. The average Bonchev–Trinajstić information content (AvgIpc) is 2.26. The summed E-state index contributed by atoms with van der Waals surface area (Å²) >= 11 is 0. The van der Waals surface area contributed by atoms with Gasteiger partial charge in [-0.3, -0.25) is 4.79 Å². The second kappa shape index (κ2) is 8.48. The fourth-order valence-electron chi connectivity index (χ4n) is 1.77. The van der Waals surface area contributed by atoms with Gasteiger partial charge < -0.3 is 19.7 Å². The number of carbonyl (C=O) groups is 2. The fourth-order valence-corrected chi connectivity index (χ4v) is 1.77. The Labute approximate surface area is 115 Å². The maximum absolute atomic E-state index is 11.9. The molecule has 0 saturated carbocycles. The Hall–Kier alpha value is -1.62. The first kappa shape index (κ1) is 17.4. The topological polar surface area (TPSA) is 69.2 Å². The van der Waals surface area contributed by atoms with Crippen LogP contribution in [0.3, 0.4) is 0 Å². The van der Waals surface area contributed by atoms with E-state index in [0.717, 1.165) is 0 Å². The molecule has 0 atom stereocenters. The van der Waals surface area contributed by atoms with Crippen molar-refractivity contribution in [3.8, 4) is 0 Å². The summed E-state index contributed by atoms with van der Waals surface area (Å²) in [6, 6.07) is 0. The van der Waals surface area contributed by atoms with Crippen molar-refractivity contribution in [3.05, 3.63) is 25.3 Å². The van der Waals surface area contributed by atoms with E-state index < -0.39 is 5.97 Å². The molecular formula is C14H24N2O3. The van der Waals surface area contributed by atoms with Gasteiger partial charge in [-0.15, -0.1) is 13.2 Å². The molecule has 0 aliphatic heterocycles. The standard InChI is InChI=1S/C14H24N2O3/c1-5-7-12(8-6-2)14(19)15-9-10-16(3,4)11-13(17)18/h5-6,12H,1-2,7-11H2,3-4H3,(H-,15,17,18,19). The van der Waals surface area contributed by atoms with Gasteiger partial charge in [0, 0.05) is 5.92 Å². The highest BCUT2D eigenvalue weighted by Gasteiger charge is 2.18. The van der Waals surface area contributed by atoms with E-state index in [2.05, 4.69) is 18.5 Å². The van der Waals surface area contributed by atoms with Crippen LogP contribution in [0.5, 0.6) is 0 Å². The van der Waals surface area contributed by atoms with Crippen LogP contribution >= 0.6 is 0 Å². The summed E-state index contributed by atoms with van der Waals surface area (Å²) in [5, 5.41) is 13.4. The van der Waals surface area contributed by atoms with Crippen LogP contribution in [-0.2, 0) is 9.59 Å². The largest absolute Gasteiger partial charge is 0.544 e. The predicted octanol–water partition coefficient (Wildman–Crippen LogP) is -0.303. The Bertz CT molecular complexity index is 328. The van der Waals surface area contributed by atoms with Crippen molar-refractivity contribution in [2.45, 2.75) is 12.8 Å². The maximum atomic E-state index is 11.9. The van der Waals surface area contributed by atoms with Crippen LogP contribution in [0.4, 0.5) is 0 Å². The number of hydrogen-bond acceptors (Lipinski definition) is 3. The van der Waals surface area contributed by atoms with Crippen LogP contribution in [-0.4, -0.2) is 50.1 Å². The van der Waals surface area contributed by atoms with Gasteiger partial charge in [0.1, 0.15) is 6.54 Å². The minimum absolute atomic E-state index is 0.0479.